The molecule has 2 amide bonds. The van der Waals surface area contributed by atoms with Crippen LogP contribution in [-0.2, 0) is 11.3 Å². The molecule has 33 heavy (non-hydrogen) atoms. The second-order valence-electron chi connectivity index (χ2n) is 10.7. The number of urea groups is 1. The minimum Gasteiger partial charge on any atom is -0.377 e. The molecule has 3 unspecified atom stereocenters. The van der Waals surface area contributed by atoms with Gasteiger partial charge < -0.3 is 19.9 Å². The lowest BCUT2D eigenvalue weighted by molar-refractivity contribution is 0.00957. The first kappa shape index (κ1) is 24.1. The molecular weight excluding hydrogens is 427 g/mol. The van der Waals surface area contributed by atoms with Gasteiger partial charge in [0.1, 0.15) is 6.61 Å². The summed E-state index contributed by atoms with van der Waals surface area (Å²) in [6.45, 7) is 12.9. The second-order valence-corrected chi connectivity index (χ2v) is 10.7. The second kappa shape index (κ2) is 8.61. The van der Waals surface area contributed by atoms with E-state index in [1.54, 1.807) is 7.11 Å². The summed E-state index contributed by atoms with van der Waals surface area (Å²) in [6, 6.07) is 0.179. The van der Waals surface area contributed by atoms with Crippen LogP contribution in [0.2, 0.25) is 0 Å². The topological polar surface area (TPSA) is 97.9 Å². The fourth-order valence-corrected chi connectivity index (χ4v) is 5.28. The number of methoxy groups -OCH3 is 1. The molecule has 4 heterocycles. The van der Waals surface area contributed by atoms with Crippen molar-refractivity contribution in [1.29, 1.82) is 0 Å². The minimum atomic E-state index is -0.529. The smallest absolute Gasteiger partial charge is 0.320 e. The molecule has 4 atom stereocenters. The van der Waals surface area contributed by atoms with Crippen LogP contribution in [0.4, 0.5) is 15.0 Å². The summed E-state index contributed by atoms with van der Waals surface area (Å²) in [5.41, 5.74) is 6.05. The summed E-state index contributed by atoms with van der Waals surface area (Å²) >= 11 is 0. The van der Waals surface area contributed by atoms with Crippen LogP contribution >= 0.6 is 0 Å². The van der Waals surface area contributed by atoms with Gasteiger partial charge in [-0.1, -0.05) is 0 Å². The molecule has 3 N–H and O–H groups in total. The van der Waals surface area contributed by atoms with Crippen LogP contribution in [0.5, 0.6) is 0 Å². The fraction of sp³-hybridized carbons (Fsp3) is 0.773. The van der Waals surface area contributed by atoms with Crippen LogP contribution in [0.1, 0.15) is 40.4 Å². The minimum absolute atomic E-state index is 0.00178. The largest absolute Gasteiger partial charge is 0.377 e. The number of nitrogens with zero attached hydrogens (tertiary/aromatic N) is 5. The Morgan fingerprint density at radius 1 is 1.30 bits per heavy atom. The standard InChI is InChI=1S/C22H37FN8O2/c1-13-9-29(6)21(2,3)12-30(13)20(32)31-10-14-17(22(31,4)5)27-28-18(14)26-19-15(23)8-24-16(25-19)11-33-7/h8,13-14,17-18,27-28H,9-12H2,1-7H3,(H,24,25,26)/t13-,14?,17?,18?/m0/s1. The number of likely N-dealkylation sites (tertiary alicyclic amines) is 1. The molecule has 1 aromatic rings. The lowest BCUT2D eigenvalue weighted by atomic mass is 9.90. The SMILES string of the molecule is COCc1ncc(F)c(NC2NNC3C2CN(C(=O)N2CC(C)(C)N(C)C[C@@H]2C)C3(C)C)n1. The monoisotopic (exact) mass is 464 g/mol. The number of hydrogen-bond acceptors (Lipinski definition) is 8. The summed E-state index contributed by atoms with van der Waals surface area (Å²) < 4.78 is 19.5. The lowest BCUT2D eigenvalue weighted by Gasteiger charge is -2.50. The number of piperazine rings is 1. The highest BCUT2D eigenvalue weighted by Crippen LogP contribution is 2.39. The third-order valence-electron chi connectivity index (χ3n) is 7.60. The number of rotatable bonds is 4. The number of nitrogens with one attached hydrogen (secondary N) is 3. The normalized spacial score (nSPS) is 31.0. The van der Waals surface area contributed by atoms with E-state index in [1.165, 1.54) is 0 Å². The number of aromatic nitrogens is 2. The van der Waals surface area contributed by atoms with E-state index in [0.29, 0.717) is 18.9 Å². The van der Waals surface area contributed by atoms with Crippen molar-refractivity contribution in [1.82, 2.24) is 35.5 Å². The highest BCUT2D eigenvalue weighted by Gasteiger charge is 2.56. The van der Waals surface area contributed by atoms with E-state index in [9.17, 15) is 9.18 Å². The van der Waals surface area contributed by atoms with Crippen LogP contribution in [0.15, 0.2) is 6.20 Å². The van der Waals surface area contributed by atoms with E-state index in [2.05, 4.69) is 72.7 Å². The van der Waals surface area contributed by atoms with Crippen LogP contribution in [0.3, 0.4) is 0 Å². The Labute approximate surface area is 195 Å². The number of fused-ring (bicyclic) bond motifs is 1. The van der Waals surface area contributed by atoms with Gasteiger partial charge in [0.15, 0.2) is 17.5 Å². The predicted octanol–water partition coefficient (Wildman–Crippen LogP) is 1.22. The van der Waals surface area contributed by atoms with Crippen molar-refractivity contribution in [2.45, 2.75) is 70.6 Å². The average Bonchev–Trinajstić information content (AvgIpc) is 3.25. The van der Waals surface area contributed by atoms with Gasteiger partial charge in [0.2, 0.25) is 0 Å². The molecule has 0 bridgehead atoms. The summed E-state index contributed by atoms with van der Waals surface area (Å²) in [5.74, 6) is 0.0203. The van der Waals surface area contributed by atoms with Crippen molar-refractivity contribution in [3.8, 4) is 0 Å². The van der Waals surface area contributed by atoms with Gasteiger partial charge in [-0.2, -0.15) is 0 Å². The van der Waals surface area contributed by atoms with E-state index < -0.39 is 11.4 Å². The zero-order chi connectivity index (χ0) is 24.1. The number of hydrazine groups is 1. The molecule has 3 aliphatic heterocycles. The molecule has 0 aliphatic carbocycles. The van der Waals surface area contributed by atoms with Crippen molar-refractivity contribution in [2.24, 2.45) is 5.92 Å². The van der Waals surface area contributed by atoms with Gasteiger partial charge in [0.05, 0.1) is 23.9 Å². The third kappa shape index (κ3) is 4.27. The van der Waals surface area contributed by atoms with Crippen molar-refractivity contribution < 1.29 is 13.9 Å². The van der Waals surface area contributed by atoms with Gasteiger partial charge in [-0.25, -0.2) is 24.6 Å². The molecule has 0 spiro atoms. The van der Waals surface area contributed by atoms with E-state index >= 15 is 0 Å². The number of carbonyl (C=O) groups excluding carboxylic acids is 1. The zero-order valence-electron chi connectivity index (χ0n) is 20.6. The van der Waals surface area contributed by atoms with E-state index in [1.807, 2.05) is 9.80 Å². The molecule has 184 valence electrons. The van der Waals surface area contributed by atoms with Crippen molar-refractivity contribution in [3.63, 3.8) is 0 Å². The Kier molecular flexibility index (Phi) is 6.27. The van der Waals surface area contributed by atoms with Gasteiger partial charge in [-0.05, 0) is 41.7 Å². The lowest BCUT2D eigenvalue weighted by Crippen LogP contribution is -2.66. The number of anilines is 1. The van der Waals surface area contributed by atoms with Gasteiger partial charge >= 0.3 is 6.03 Å². The van der Waals surface area contributed by atoms with Crippen LogP contribution in [0.25, 0.3) is 0 Å². The molecule has 4 rings (SSSR count). The summed E-state index contributed by atoms with van der Waals surface area (Å²) in [5, 5.41) is 3.17. The quantitative estimate of drug-likeness (QED) is 0.612. The molecular formula is C22H37FN8O2. The maximum absolute atomic E-state index is 14.4. The fourth-order valence-electron chi connectivity index (χ4n) is 5.28. The van der Waals surface area contributed by atoms with Crippen molar-refractivity contribution >= 4 is 11.8 Å². The van der Waals surface area contributed by atoms with Gasteiger partial charge in [0.25, 0.3) is 0 Å². The Morgan fingerprint density at radius 2 is 2.03 bits per heavy atom. The molecule has 3 aliphatic rings. The number of amides is 2. The third-order valence-corrected chi connectivity index (χ3v) is 7.60. The van der Waals surface area contributed by atoms with Gasteiger partial charge in [-0.3, -0.25) is 10.3 Å². The number of carbonyl (C=O) groups is 1. The number of hydrogen-bond donors (Lipinski definition) is 3. The molecule has 0 aromatic carbocycles. The maximum atomic E-state index is 14.4. The molecule has 0 saturated carbocycles. The van der Waals surface area contributed by atoms with Crippen molar-refractivity contribution in [3.05, 3.63) is 17.8 Å². The Balaban J connectivity index is 1.51. The molecule has 3 fully saturated rings. The molecule has 1 aromatic heterocycles. The van der Waals surface area contributed by atoms with E-state index in [0.717, 1.165) is 12.7 Å². The number of ether oxygens (including phenoxy) is 1. The first-order valence-electron chi connectivity index (χ1n) is 11.5. The van der Waals surface area contributed by atoms with Gasteiger partial charge in [-0.15, -0.1) is 0 Å². The van der Waals surface area contributed by atoms with Crippen LogP contribution in [0, 0.1) is 11.7 Å². The average molecular weight is 465 g/mol. The predicted molar refractivity (Wildman–Crippen MR) is 123 cm³/mol. The van der Waals surface area contributed by atoms with Crippen LogP contribution < -0.4 is 16.2 Å². The summed E-state index contributed by atoms with van der Waals surface area (Å²) in [6.07, 6.45) is 0.849. The molecule has 10 nitrogen and oxygen atoms in total. The molecule has 11 heteroatoms. The Bertz CT molecular complexity index is 897. The Morgan fingerprint density at radius 3 is 2.73 bits per heavy atom. The molecule has 0 radical (unpaired) electrons. The van der Waals surface area contributed by atoms with Crippen LogP contribution in [-0.4, -0.2) is 93.8 Å². The highest BCUT2D eigenvalue weighted by molar-refractivity contribution is 5.77. The number of likely N-dealkylation sites (N-methyl/N-ethyl adjacent to an activating group) is 1. The molecule has 3 saturated heterocycles. The highest BCUT2D eigenvalue weighted by atomic mass is 19.1. The van der Waals surface area contributed by atoms with Crippen molar-refractivity contribution in [2.75, 3.05) is 39.1 Å². The number of halogens is 1. The first-order valence-corrected chi connectivity index (χ1v) is 11.5. The summed E-state index contributed by atoms with van der Waals surface area (Å²) in [4.78, 5) is 28.2. The first-order chi connectivity index (χ1) is 15.5. The van der Waals surface area contributed by atoms with Gasteiger partial charge in [0, 0.05) is 44.2 Å². The van der Waals surface area contributed by atoms with E-state index in [-0.39, 0.29) is 48.2 Å². The van der Waals surface area contributed by atoms with E-state index in [4.69, 9.17) is 4.74 Å². The zero-order valence-corrected chi connectivity index (χ0v) is 20.6. The Hall–Kier alpha value is -2.08. The summed E-state index contributed by atoms with van der Waals surface area (Å²) in [7, 11) is 3.65. The maximum Gasteiger partial charge on any atom is 0.320 e.